The largest absolute Gasteiger partial charge is 0.480 e. The highest BCUT2D eigenvalue weighted by molar-refractivity contribution is 7.93. The van der Waals surface area contributed by atoms with E-state index in [1.807, 2.05) is 24.3 Å². The number of ether oxygens (including phenoxy) is 1. The van der Waals surface area contributed by atoms with Crippen molar-refractivity contribution in [2.24, 2.45) is 0 Å². The van der Waals surface area contributed by atoms with Crippen LogP contribution in [0.2, 0.25) is 0 Å². The lowest BCUT2D eigenvalue weighted by Crippen LogP contribution is -2.14. The third-order valence-corrected chi connectivity index (χ3v) is 4.67. The molecule has 0 unspecified atom stereocenters. The number of rotatable bonds is 4. The molecule has 3 aromatic rings. The van der Waals surface area contributed by atoms with Crippen LogP contribution < -0.4 is 9.46 Å². The number of sulfonamides is 1. The normalized spacial score (nSPS) is 11.3. The fraction of sp³-hybridized carbons (Fsp3) is 0.0625. The minimum Gasteiger partial charge on any atom is -0.480 e. The zero-order valence-corrected chi connectivity index (χ0v) is 12.7. The molecule has 0 aliphatic rings. The summed E-state index contributed by atoms with van der Waals surface area (Å²) < 4.78 is 33.0. The smallest absolute Gasteiger partial charge is 0.262 e. The Morgan fingerprint density at radius 1 is 1.00 bits per heavy atom. The molecule has 6 heteroatoms. The molecule has 0 saturated heterocycles. The van der Waals surface area contributed by atoms with Gasteiger partial charge in [0.2, 0.25) is 5.88 Å². The van der Waals surface area contributed by atoms with Crippen molar-refractivity contribution in [2.75, 3.05) is 11.8 Å². The van der Waals surface area contributed by atoms with Crippen molar-refractivity contribution in [1.29, 1.82) is 0 Å². The number of nitrogens with one attached hydrogen (secondary N) is 1. The Hall–Kier alpha value is -2.60. The molecule has 1 heterocycles. The highest BCUT2D eigenvalue weighted by Gasteiger charge is 2.19. The van der Waals surface area contributed by atoms with Gasteiger partial charge >= 0.3 is 0 Å². The minimum atomic E-state index is -3.74. The predicted molar refractivity (Wildman–Crippen MR) is 85.5 cm³/mol. The molecule has 0 aliphatic carbocycles. The van der Waals surface area contributed by atoms with E-state index >= 15 is 0 Å². The summed E-state index contributed by atoms with van der Waals surface area (Å²) in [7, 11) is -2.30. The molecule has 3 rings (SSSR count). The lowest BCUT2D eigenvalue weighted by molar-refractivity contribution is 0.400. The summed E-state index contributed by atoms with van der Waals surface area (Å²) in [5.74, 6) is 0.228. The molecule has 0 radical (unpaired) electrons. The first-order chi connectivity index (χ1) is 10.6. The maximum atomic E-state index is 12.7. The van der Waals surface area contributed by atoms with E-state index in [4.69, 9.17) is 4.74 Å². The first-order valence-electron chi connectivity index (χ1n) is 6.61. The van der Waals surface area contributed by atoms with Crippen LogP contribution >= 0.6 is 0 Å². The number of nitrogens with zero attached hydrogens (tertiary/aromatic N) is 1. The third-order valence-electron chi connectivity index (χ3n) is 3.25. The van der Waals surface area contributed by atoms with Crippen molar-refractivity contribution in [3.63, 3.8) is 0 Å². The Labute approximate surface area is 128 Å². The molecule has 0 spiro atoms. The highest BCUT2D eigenvalue weighted by atomic mass is 32.2. The molecule has 22 heavy (non-hydrogen) atoms. The molecule has 5 nitrogen and oxygen atoms in total. The molecule has 0 aliphatic heterocycles. The highest BCUT2D eigenvalue weighted by Crippen LogP contribution is 2.27. The van der Waals surface area contributed by atoms with Gasteiger partial charge in [0.25, 0.3) is 10.0 Å². The fourth-order valence-corrected chi connectivity index (χ4v) is 3.55. The average molecular weight is 314 g/mol. The minimum absolute atomic E-state index is 0.219. The number of anilines is 1. The number of hydrogen-bond acceptors (Lipinski definition) is 4. The molecular weight excluding hydrogens is 300 g/mol. The fourth-order valence-electron chi connectivity index (χ4n) is 2.26. The van der Waals surface area contributed by atoms with Crippen LogP contribution in [0.25, 0.3) is 10.8 Å². The molecule has 112 valence electrons. The van der Waals surface area contributed by atoms with Crippen LogP contribution in [0, 0.1) is 0 Å². The molecule has 0 bridgehead atoms. The Kier molecular flexibility index (Phi) is 3.68. The van der Waals surface area contributed by atoms with Crippen molar-refractivity contribution in [3.8, 4) is 5.88 Å². The average Bonchev–Trinajstić information content (AvgIpc) is 2.54. The maximum Gasteiger partial charge on any atom is 0.262 e. The Bertz CT molecular complexity index is 918. The Morgan fingerprint density at radius 2 is 1.77 bits per heavy atom. The number of aromatic nitrogens is 1. The van der Waals surface area contributed by atoms with Gasteiger partial charge in [-0.2, -0.15) is 0 Å². The van der Waals surface area contributed by atoms with Crippen LogP contribution in [0.1, 0.15) is 0 Å². The number of fused-ring (bicyclic) bond motifs is 1. The number of hydrogen-bond donors (Lipinski definition) is 1. The van der Waals surface area contributed by atoms with Crippen LogP contribution in [0.3, 0.4) is 0 Å². The summed E-state index contributed by atoms with van der Waals surface area (Å²) in [5.41, 5.74) is 0.304. The van der Waals surface area contributed by atoms with Crippen molar-refractivity contribution >= 4 is 26.5 Å². The SMILES string of the molecule is COc1ncccc1NS(=O)(=O)c1cccc2ccccc12. The van der Waals surface area contributed by atoms with E-state index < -0.39 is 10.0 Å². The molecule has 0 atom stereocenters. The van der Waals surface area contributed by atoms with E-state index in [0.29, 0.717) is 11.1 Å². The summed E-state index contributed by atoms with van der Waals surface area (Å²) in [5, 5.41) is 1.53. The van der Waals surface area contributed by atoms with Gasteiger partial charge in [-0.1, -0.05) is 36.4 Å². The quantitative estimate of drug-likeness (QED) is 0.803. The summed E-state index contributed by atoms with van der Waals surface area (Å²) in [6.07, 6.45) is 1.54. The summed E-state index contributed by atoms with van der Waals surface area (Å²) in [6.45, 7) is 0. The van der Waals surface area contributed by atoms with Crippen LogP contribution in [0.4, 0.5) is 5.69 Å². The summed E-state index contributed by atoms with van der Waals surface area (Å²) in [6, 6.07) is 15.8. The monoisotopic (exact) mass is 314 g/mol. The molecule has 2 aromatic carbocycles. The van der Waals surface area contributed by atoms with Gasteiger partial charge < -0.3 is 4.74 Å². The number of benzene rings is 2. The molecular formula is C16H14N2O3S. The second-order valence-corrected chi connectivity index (χ2v) is 6.29. The second kappa shape index (κ2) is 5.65. The topological polar surface area (TPSA) is 68.3 Å². The van der Waals surface area contributed by atoms with E-state index in [9.17, 15) is 8.42 Å². The summed E-state index contributed by atoms with van der Waals surface area (Å²) >= 11 is 0. The van der Waals surface area contributed by atoms with Crippen LogP contribution in [0.15, 0.2) is 65.7 Å². The van der Waals surface area contributed by atoms with Crippen molar-refractivity contribution in [2.45, 2.75) is 4.90 Å². The molecule has 1 N–H and O–H groups in total. The van der Waals surface area contributed by atoms with Crippen molar-refractivity contribution in [1.82, 2.24) is 4.98 Å². The van der Waals surface area contributed by atoms with Crippen LogP contribution in [-0.4, -0.2) is 20.5 Å². The molecule has 0 saturated carbocycles. The van der Waals surface area contributed by atoms with Crippen molar-refractivity contribution in [3.05, 3.63) is 60.8 Å². The van der Waals surface area contributed by atoms with Gasteiger partial charge in [0.15, 0.2) is 0 Å². The van der Waals surface area contributed by atoms with Crippen LogP contribution in [0.5, 0.6) is 5.88 Å². The molecule has 0 amide bonds. The van der Waals surface area contributed by atoms with E-state index in [1.165, 1.54) is 13.3 Å². The Morgan fingerprint density at radius 3 is 2.59 bits per heavy atom. The predicted octanol–water partition coefficient (Wildman–Crippen LogP) is 3.04. The maximum absolute atomic E-state index is 12.7. The number of pyridine rings is 1. The first kappa shape index (κ1) is 14.3. The second-order valence-electron chi connectivity index (χ2n) is 4.64. The van der Waals surface area contributed by atoms with Crippen LogP contribution in [-0.2, 0) is 10.0 Å². The van der Waals surface area contributed by atoms with E-state index in [1.54, 1.807) is 30.3 Å². The first-order valence-corrected chi connectivity index (χ1v) is 8.10. The van der Waals surface area contributed by atoms with E-state index in [-0.39, 0.29) is 10.8 Å². The molecule has 0 fully saturated rings. The van der Waals surface area contributed by atoms with Gasteiger partial charge in [0, 0.05) is 11.6 Å². The van der Waals surface area contributed by atoms with Gasteiger partial charge in [-0.05, 0) is 23.6 Å². The van der Waals surface area contributed by atoms with Gasteiger partial charge in [-0.25, -0.2) is 13.4 Å². The van der Waals surface area contributed by atoms with E-state index in [2.05, 4.69) is 9.71 Å². The Balaban J connectivity index is 2.09. The van der Waals surface area contributed by atoms with Gasteiger partial charge in [0.05, 0.1) is 12.0 Å². The lowest BCUT2D eigenvalue weighted by Gasteiger charge is -2.12. The van der Waals surface area contributed by atoms with Gasteiger partial charge in [-0.3, -0.25) is 4.72 Å². The van der Waals surface area contributed by atoms with Gasteiger partial charge in [-0.15, -0.1) is 0 Å². The number of methoxy groups -OCH3 is 1. The standard InChI is InChI=1S/C16H14N2O3S/c1-21-16-14(9-5-11-17-16)18-22(19,20)15-10-4-7-12-6-2-3-8-13(12)15/h2-11,18H,1H3. The summed E-state index contributed by atoms with van der Waals surface area (Å²) in [4.78, 5) is 4.21. The molecule has 1 aromatic heterocycles. The van der Waals surface area contributed by atoms with E-state index in [0.717, 1.165) is 5.39 Å². The lowest BCUT2D eigenvalue weighted by atomic mass is 10.1. The zero-order valence-electron chi connectivity index (χ0n) is 11.9. The van der Waals surface area contributed by atoms with Crippen molar-refractivity contribution < 1.29 is 13.2 Å². The van der Waals surface area contributed by atoms with Gasteiger partial charge in [0.1, 0.15) is 5.69 Å². The zero-order chi connectivity index (χ0) is 15.6. The third kappa shape index (κ3) is 2.60.